The van der Waals surface area contributed by atoms with Gasteiger partial charge in [-0.15, -0.1) is 0 Å². The first-order chi connectivity index (χ1) is 14.8. The van der Waals surface area contributed by atoms with Crippen LogP contribution < -0.4 is 19.3 Å². The van der Waals surface area contributed by atoms with Crippen LogP contribution in [0.25, 0.3) is 6.08 Å². The van der Waals surface area contributed by atoms with Crippen LogP contribution in [0.2, 0.25) is 0 Å². The second kappa shape index (κ2) is 6.61. The van der Waals surface area contributed by atoms with Crippen LogP contribution in [-0.4, -0.2) is 31.2 Å². The molecule has 0 aromatic heterocycles. The van der Waals surface area contributed by atoms with Crippen molar-refractivity contribution in [2.24, 2.45) is 0 Å². The van der Waals surface area contributed by atoms with Gasteiger partial charge in [0.2, 0.25) is 17.5 Å². The molecular weight excluding hydrogens is 392 g/mol. The number of ether oxygens (including phenoxy) is 2. The second-order valence-corrected chi connectivity index (χ2v) is 8.75. The molecule has 31 heavy (non-hydrogen) atoms. The molecule has 0 saturated carbocycles. The lowest BCUT2D eigenvalue weighted by Crippen LogP contribution is -2.58. The SMILES string of the molecule is CCOc1cccc2c1OC1(C=C2)N(C)c2ccc(N3C(=O)CCC3=O)cc2C1(C)C. The fourth-order valence-electron chi connectivity index (χ4n) is 5.06. The van der Waals surface area contributed by atoms with Gasteiger partial charge >= 0.3 is 0 Å². The fourth-order valence-corrected chi connectivity index (χ4v) is 5.06. The number of carbonyl (C=O) groups excluding carboxylic acids is 2. The maximum atomic E-state index is 12.3. The quantitative estimate of drug-likeness (QED) is 0.697. The van der Waals surface area contributed by atoms with E-state index in [1.165, 1.54) is 4.90 Å². The molecule has 0 aliphatic carbocycles. The third-order valence-electron chi connectivity index (χ3n) is 6.77. The number of anilines is 2. The third kappa shape index (κ3) is 2.57. The minimum Gasteiger partial charge on any atom is -0.490 e. The Hall–Kier alpha value is -3.28. The highest BCUT2D eigenvalue weighted by atomic mass is 16.5. The first-order valence-electron chi connectivity index (χ1n) is 10.7. The zero-order valence-corrected chi connectivity index (χ0v) is 18.3. The summed E-state index contributed by atoms with van der Waals surface area (Å²) in [6.07, 6.45) is 4.72. The molecule has 1 atom stereocenters. The van der Waals surface area contributed by atoms with Gasteiger partial charge in [-0.3, -0.25) is 14.5 Å². The largest absolute Gasteiger partial charge is 0.490 e. The number of para-hydroxylation sites is 1. The highest BCUT2D eigenvalue weighted by Crippen LogP contribution is 2.56. The Morgan fingerprint density at radius 2 is 1.84 bits per heavy atom. The Morgan fingerprint density at radius 3 is 2.55 bits per heavy atom. The first kappa shape index (κ1) is 19.7. The smallest absolute Gasteiger partial charge is 0.234 e. The molecule has 3 heterocycles. The number of imide groups is 1. The monoisotopic (exact) mass is 418 g/mol. The fraction of sp³-hybridized carbons (Fsp3) is 0.360. The normalized spacial score (nSPS) is 23.2. The summed E-state index contributed by atoms with van der Waals surface area (Å²) in [7, 11) is 2.01. The van der Waals surface area contributed by atoms with E-state index < -0.39 is 11.1 Å². The van der Waals surface area contributed by atoms with Gasteiger partial charge in [-0.05, 0) is 62.8 Å². The van der Waals surface area contributed by atoms with Gasteiger partial charge in [0.1, 0.15) is 0 Å². The molecule has 2 aromatic rings. The van der Waals surface area contributed by atoms with E-state index in [-0.39, 0.29) is 24.7 Å². The van der Waals surface area contributed by atoms with Crippen LogP contribution in [0.1, 0.15) is 44.7 Å². The van der Waals surface area contributed by atoms with E-state index in [0.717, 1.165) is 28.3 Å². The van der Waals surface area contributed by atoms with E-state index in [2.05, 4.69) is 30.9 Å². The second-order valence-electron chi connectivity index (χ2n) is 8.75. The molecule has 160 valence electrons. The highest BCUT2D eigenvalue weighted by Gasteiger charge is 2.58. The van der Waals surface area contributed by atoms with Crippen LogP contribution in [0.4, 0.5) is 11.4 Å². The Morgan fingerprint density at radius 1 is 1.10 bits per heavy atom. The van der Waals surface area contributed by atoms with Crippen molar-refractivity contribution in [1.29, 1.82) is 0 Å². The molecular formula is C25H26N2O4. The summed E-state index contributed by atoms with van der Waals surface area (Å²) < 4.78 is 12.6. The number of hydrogen-bond donors (Lipinski definition) is 0. The zero-order chi connectivity index (χ0) is 22.0. The molecule has 1 saturated heterocycles. The lowest BCUT2D eigenvalue weighted by atomic mass is 9.76. The van der Waals surface area contributed by atoms with Crippen LogP contribution in [0.15, 0.2) is 42.5 Å². The Bertz CT molecular complexity index is 1120. The summed E-state index contributed by atoms with van der Waals surface area (Å²) in [4.78, 5) is 28.0. The minimum absolute atomic E-state index is 0.145. The number of rotatable bonds is 3. The Balaban J connectivity index is 1.61. The van der Waals surface area contributed by atoms with Crippen molar-refractivity contribution in [2.75, 3.05) is 23.5 Å². The van der Waals surface area contributed by atoms with Gasteiger partial charge in [0.05, 0.1) is 17.7 Å². The predicted molar refractivity (Wildman–Crippen MR) is 120 cm³/mol. The summed E-state index contributed by atoms with van der Waals surface area (Å²) in [6.45, 7) is 6.77. The predicted octanol–water partition coefficient (Wildman–Crippen LogP) is 4.27. The van der Waals surface area contributed by atoms with Gasteiger partial charge in [-0.2, -0.15) is 0 Å². The van der Waals surface area contributed by atoms with Gasteiger partial charge in [-0.1, -0.05) is 12.1 Å². The Labute approximate surface area is 182 Å². The zero-order valence-electron chi connectivity index (χ0n) is 18.3. The van der Waals surface area contributed by atoms with Crippen molar-refractivity contribution in [3.05, 3.63) is 53.6 Å². The maximum absolute atomic E-state index is 12.3. The average Bonchev–Trinajstić information content (AvgIpc) is 3.17. The molecule has 0 N–H and O–H groups in total. The van der Waals surface area contributed by atoms with Gasteiger partial charge in [0, 0.05) is 31.1 Å². The van der Waals surface area contributed by atoms with Gasteiger partial charge in [0.25, 0.3) is 0 Å². The summed E-state index contributed by atoms with van der Waals surface area (Å²) >= 11 is 0. The lowest BCUT2D eigenvalue weighted by Gasteiger charge is -2.46. The number of hydrogen-bond acceptors (Lipinski definition) is 5. The number of nitrogens with zero attached hydrogens (tertiary/aromatic N) is 2. The van der Waals surface area contributed by atoms with Crippen molar-refractivity contribution >= 4 is 29.3 Å². The number of amides is 2. The van der Waals surface area contributed by atoms with Gasteiger partial charge < -0.3 is 14.4 Å². The summed E-state index contributed by atoms with van der Waals surface area (Å²) in [5.41, 5.74) is 2.40. The molecule has 1 spiro atoms. The molecule has 3 aliphatic heterocycles. The topological polar surface area (TPSA) is 59.1 Å². The van der Waals surface area contributed by atoms with Crippen molar-refractivity contribution < 1.29 is 19.1 Å². The summed E-state index contributed by atoms with van der Waals surface area (Å²) in [5, 5.41) is 0. The van der Waals surface area contributed by atoms with Gasteiger partial charge in [-0.25, -0.2) is 0 Å². The van der Waals surface area contributed by atoms with E-state index in [0.29, 0.717) is 12.3 Å². The lowest BCUT2D eigenvalue weighted by molar-refractivity contribution is -0.121. The molecule has 0 radical (unpaired) electrons. The Kier molecular flexibility index (Phi) is 4.19. The maximum Gasteiger partial charge on any atom is 0.234 e. The molecule has 2 amide bonds. The van der Waals surface area contributed by atoms with E-state index in [1.54, 1.807) is 0 Å². The minimum atomic E-state index is -0.771. The number of likely N-dealkylation sites (N-methyl/N-ethyl adjacent to an activating group) is 1. The van der Waals surface area contributed by atoms with E-state index >= 15 is 0 Å². The summed E-state index contributed by atoms with van der Waals surface area (Å²) in [6, 6.07) is 11.7. The average molecular weight is 418 g/mol. The van der Waals surface area contributed by atoms with Crippen molar-refractivity contribution in [2.45, 2.75) is 44.8 Å². The molecule has 3 aliphatic rings. The number of carbonyl (C=O) groups is 2. The van der Waals surface area contributed by atoms with E-state index in [4.69, 9.17) is 9.47 Å². The molecule has 1 fully saturated rings. The van der Waals surface area contributed by atoms with Crippen LogP contribution in [-0.2, 0) is 15.0 Å². The van der Waals surface area contributed by atoms with Crippen molar-refractivity contribution in [1.82, 2.24) is 0 Å². The van der Waals surface area contributed by atoms with Crippen molar-refractivity contribution in [3.8, 4) is 11.5 Å². The van der Waals surface area contributed by atoms with E-state index in [1.807, 2.05) is 50.4 Å². The van der Waals surface area contributed by atoms with Crippen LogP contribution >= 0.6 is 0 Å². The van der Waals surface area contributed by atoms with Crippen LogP contribution in [0, 0.1) is 0 Å². The highest BCUT2D eigenvalue weighted by molar-refractivity contribution is 6.20. The molecule has 6 heteroatoms. The molecule has 5 rings (SSSR count). The summed E-state index contributed by atoms with van der Waals surface area (Å²) in [5.74, 6) is 1.16. The standard InChI is InChI=1S/C25H26N2O4/c1-5-30-20-8-6-7-16-13-14-25(31-23(16)20)24(2,3)18-15-17(9-10-19(18)26(25)4)27-21(28)11-12-22(27)29/h6-10,13-15H,5,11-12H2,1-4H3. The number of fused-ring (bicyclic) bond motifs is 2. The third-order valence-corrected chi connectivity index (χ3v) is 6.77. The van der Waals surface area contributed by atoms with Crippen molar-refractivity contribution in [3.63, 3.8) is 0 Å². The molecule has 2 aromatic carbocycles. The first-order valence-corrected chi connectivity index (χ1v) is 10.7. The molecule has 6 nitrogen and oxygen atoms in total. The molecule has 0 bridgehead atoms. The molecule has 1 unspecified atom stereocenters. The van der Waals surface area contributed by atoms with Crippen LogP contribution in [0.3, 0.4) is 0 Å². The van der Waals surface area contributed by atoms with Crippen LogP contribution in [0.5, 0.6) is 11.5 Å². The van der Waals surface area contributed by atoms with E-state index in [9.17, 15) is 9.59 Å². The number of benzene rings is 2. The van der Waals surface area contributed by atoms with Gasteiger partial charge in [0.15, 0.2) is 11.5 Å².